The number of amides is 1. The van der Waals surface area contributed by atoms with Crippen LogP contribution in [-0.4, -0.2) is 34.6 Å². The summed E-state index contributed by atoms with van der Waals surface area (Å²) in [5.41, 5.74) is -0.973. The smallest absolute Gasteiger partial charge is 0.417 e. The number of hydrogen-bond donors (Lipinski definition) is 3. The summed E-state index contributed by atoms with van der Waals surface area (Å²) in [6.07, 6.45) is -3.08. The molecule has 134 valence electrons. The molecule has 0 aliphatic rings. The second-order valence-corrected chi connectivity index (χ2v) is 5.38. The van der Waals surface area contributed by atoms with Gasteiger partial charge in [0.05, 0.1) is 10.6 Å². The molecule has 0 aliphatic heterocycles. The van der Waals surface area contributed by atoms with Crippen LogP contribution < -0.4 is 10.6 Å². The number of aliphatic carboxylic acids is 1. The molecule has 1 rings (SSSR count). The summed E-state index contributed by atoms with van der Waals surface area (Å²) >= 11 is 5.71. The van der Waals surface area contributed by atoms with E-state index in [0.29, 0.717) is 19.0 Å². The predicted octanol–water partition coefficient (Wildman–Crippen LogP) is 2.93. The molecule has 24 heavy (non-hydrogen) atoms. The molecule has 1 aromatic heterocycles. The Hall–Kier alpha value is -2.03. The minimum Gasteiger partial charge on any atom is -0.480 e. The van der Waals surface area contributed by atoms with Crippen LogP contribution in [0.1, 0.15) is 31.7 Å². The number of nitrogens with one attached hydrogen (secondary N) is 2. The number of carbonyl (C=O) groups excluding carboxylic acids is 1. The number of aromatic nitrogens is 1. The molecule has 0 radical (unpaired) electrons. The van der Waals surface area contributed by atoms with Crippen molar-refractivity contribution in [1.29, 1.82) is 0 Å². The summed E-state index contributed by atoms with van der Waals surface area (Å²) in [7, 11) is 0. The van der Waals surface area contributed by atoms with Crippen molar-refractivity contribution in [2.24, 2.45) is 0 Å². The van der Waals surface area contributed by atoms with E-state index in [4.69, 9.17) is 16.7 Å². The van der Waals surface area contributed by atoms with Crippen LogP contribution in [0.15, 0.2) is 12.3 Å². The Morgan fingerprint density at radius 3 is 2.58 bits per heavy atom. The number of nitrogens with zero attached hydrogens (tertiary/aromatic N) is 1. The van der Waals surface area contributed by atoms with E-state index in [0.717, 1.165) is 6.07 Å². The van der Waals surface area contributed by atoms with Gasteiger partial charge in [-0.05, 0) is 12.5 Å². The first kappa shape index (κ1) is 20.0. The molecule has 0 saturated carbocycles. The van der Waals surface area contributed by atoms with Gasteiger partial charge < -0.3 is 15.7 Å². The number of pyridine rings is 1. The second-order valence-electron chi connectivity index (χ2n) is 4.98. The van der Waals surface area contributed by atoms with Gasteiger partial charge in [0.1, 0.15) is 11.9 Å². The molecular formula is C14H17ClF3N3O3. The van der Waals surface area contributed by atoms with Gasteiger partial charge in [-0.2, -0.15) is 13.2 Å². The summed E-state index contributed by atoms with van der Waals surface area (Å²) in [6, 6.07) is -0.228. The number of halogens is 4. The van der Waals surface area contributed by atoms with Crippen LogP contribution in [0, 0.1) is 0 Å². The topological polar surface area (TPSA) is 91.3 Å². The molecule has 0 aliphatic carbocycles. The predicted molar refractivity (Wildman–Crippen MR) is 81.8 cm³/mol. The fourth-order valence-electron chi connectivity index (χ4n) is 1.83. The summed E-state index contributed by atoms with van der Waals surface area (Å²) < 4.78 is 37.5. The first-order valence-corrected chi connectivity index (χ1v) is 7.51. The quantitative estimate of drug-likeness (QED) is 0.657. The Balaban J connectivity index is 2.52. The molecule has 1 atom stereocenters. The number of hydrogen-bond acceptors (Lipinski definition) is 4. The van der Waals surface area contributed by atoms with Crippen molar-refractivity contribution in [3.8, 4) is 0 Å². The standard InChI is InChI=1S/C14H17ClF3N3O3/c1-2-3-10(13(23)24)21-11(22)4-5-19-12-9(15)6-8(7-20-12)14(16,17)18/h6-7,10H,2-5H2,1H3,(H,19,20)(H,21,22)(H,23,24). The van der Waals surface area contributed by atoms with Gasteiger partial charge in [0.25, 0.3) is 0 Å². The Morgan fingerprint density at radius 1 is 1.42 bits per heavy atom. The van der Waals surface area contributed by atoms with Gasteiger partial charge in [-0.1, -0.05) is 24.9 Å². The van der Waals surface area contributed by atoms with Crippen LogP contribution in [0.3, 0.4) is 0 Å². The molecule has 3 N–H and O–H groups in total. The molecule has 0 spiro atoms. The number of rotatable bonds is 8. The van der Waals surface area contributed by atoms with E-state index in [2.05, 4.69) is 15.6 Å². The lowest BCUT2D eigenvalue weighted by atomic mass is 10.1. The van der Waals surface area contributed by atoms with E-state index < -0.39 is 29.7 Å². The number of carboxylic acids is 1. The highest BCUT2D eigenvalue weighted by molar-refractivity contribution is 6.32. The number of carbonyl (C=O) groups is 2. The molecule has 1 amide bonds. The third-order valence-electron chi connectivity index (χ3n) is 3.02. The molecule has 1 aromatic rings. The summed E-state index contributed by atoms with van der Waals surface area (Å²) in [4.78, 5) is 26.2. The van der Waals surface area contributed by atoms with E-state index in [1.54, 1.807) is 6.92 Å². The molecule has 1 unspecified atom stereocenters. The maximum atomic E-state index is 12.5. The van der Waals surface area contributed by atoms with Gasteiger partial charge >= 0.3 is 12.1 Å². The Kier molecular flexibility index (Phi) is 7.27. The van der Waals surface area contributed by atoms with Gasteiger partial charge in [0, 0.05) is 19.2 Å². The highest BCUT2D eigenvalue weighted by Gasteiger charge is 2.31. The van der Waals surface area contributed by atoms with E-state index in [9.17, 15) is 22.8 Å². The van der Waals surface area contributed by atoms with Crippen molar-refractivity contribution in [3.63, 3.8) is 0 Å². The van der Waals surface area contributed by atoms with Crippen molar-refractivity contribution >= 4 is 29.3 Å². The summed E-state index contributed by atoms with van der Waals surface area (Å²) in [6.45, 7) is 1.84. The van der Waals surface area contributed by atoms with E-state index >= 15 is 0 Å². The van der Waals surface area contributed by atoms with Crippen LogP contribution in [0.4, 0.5) is 19.0 Å². The average Bonchev–Trinajstić information content (AvgIpc) is 2.47. The highest BCUT2D eigenvalue weighted by Crippen LogP contribution is 2.32. The first-order valence-electron chi connectivity index (χ1n) is 7.14. The SMILES string of the molecule is CCCC(NC(=O)CCNc1ncc(C(F)(F)F)cc1Cl)C(=O)O. The number of alkyl halides is 3. The Bertz CT molecular complexity index is 596. The monoisotopic (exact) mass is 367 g/mol. The lowest BCUT2D eigenvalue weighted by Gasteiger charge is -2.14. The maximum absolute atomic E-state index is 12.5. The van der Waals surface area contributed by atoms with Crippen LogP contribution >= 0.6 is 11.6 Å². The van der Waals surface area contributed by atoms with Gasteiger partial charge in [-0.25, -0.2) is 9.78 Å². The van der Waals surface area contributed by atoms with Gasteiger partial charge in [-0.15, -0.1) is 0 Å². The zero-order chi connectivity index (χ0) is 18.3. The fourth-order valence-corrected chi connectivity index (χ4v) is 2.06. The average molecular weight is 368 g/mol. The Labute approximate surface area is 141 Å². The van der Waals surface area contributed by atoms with Gasteiger partial charge in [0.15, 0.2) is 0 Å². The van der Waals surface area contributed by atoms with Gasteiger partial charge in [0.2, 0.25) is 5.91 Å². The molecule has 0 saturated heterocycles. The molecule has 0 aromatic carbocycles. The van der Waals surface area contributed by atoms with Crippen LogP contribution in [0.25, 0.3) is 0 Å². The van der Waals surface area contributed by atoms with Crippen molar-refractivity contribution in [1.82, 2.24) is 10.3 Å². The Morgan fingerprint density at radius 2 is 2.08 bits per heavy atom. The maximum Gasteiger partial charge on any atom is 0.417 e. The third-order valence-corrected chi connectivity index (χ3v) is 3.31. The van der Waals surface area contributed by atoms with Crippen molar-refractivity contribution in [3.05, 3.63) is 22.8 Å². The molecule has 0 bridgehead atoms. The van der Waals surface area contributed by atoms with Gasteiger partial charge in [-0.3, -0.25) is 4.79 Å². The lowest BCUT2D eigenvalue weighted by molar-refractivity contribution is -0.142. The van der Waals surface area contributed by atoms with E-state index in [1.165, 1.54) is 0 Å². The molecule has 1 heterocycles. The summed E-state index contributed by atoms with van der Waals surface area (Å²) in [5.74, 6) is -1.60. The van der Waals surface area contributed by atoms with Crippen molar-refractivity contribution < 1.29 is 27.9 Å². The fraction of sp³-hybridized carbons (Fsp3) is 0.500. The number of carboxylic acid groups (broad SMARTS) is 1. The highest BCUT2D eigenvalue weighted by atomic mass is 35.5. The van der Waals surface area contributed by atoms with E-state index in [1.807, 2.05) is 0 Å². The van der Waals surface area contributed by atoms with Crippen LogP contribution in [0.2, 0.25) is 5.02 Å². The zero-order valence-electron chi connectivity index (χ0n) is 12.8. The minimum absolute atomic E-state index is 0.0146. The largest absolute Gasteiger partial charge is 0.480 e. The molecule has 0 fully saturated rings. The van der Waals surface area contributed by atoms with Crippen LogP contribution in [0.5, 0.6) is 0 Å². The lowest BCUT2D eigenvalue weighted by Crippen LogP contribution is -2.41. The normalized spacial score (nSPS) is 12.5. The first-order chi connectivity index (χ1) is 11.1. The van der Waals surface area contributed by atoms with Crippen molar-refractivity contribution in [2.75, 3.05) is 11.9 Å². The van der Waals surface area contributed by atoms with Crippen molar-refractivity contribution in [2.45, 2.75) is 38.4 Å². The zero-order valence-corrected chi connectivity index (χ0v) is 13.5. The van der Waals surface area contributed by atoms with Crippen LogP contribution in [-0.2, 0) is 15.8 Å². The molecular weight excluding hydrogens is 351 g/mol. The minimum atomic E-state index is -4.54. The van der Waals surface area contributed by atoms with E-state index in [-0.39, 0.29) is 23.8 Å². The molecule has 6 nitrogen and oxygen atoms in total. The summed E-state index contributed by atoms with van der Waals surface area (Å²) in [5, 5.41) is 13.7. The second kappa shape index (κ2) is 8.72. The number of anilines is 1. The third kappa shape index (κ3) is 6.23. The molecule has 10 heteroatoms.